The van der Waals surface area contributed by atoms with Crippen molar-refractivity contribution in [1.29, 1.82) is 0 Å². The topological polar surface area (TPSA) is 41.9 Å². The average Bonchev–Trinajstić information content (AvgIpc) is 2.88. The normalized spacial score (nSPS) is 10.7. The molecule has 3 aromatic rings. The van der Waals surface area contributed by atoms with Crippen molar-refractivity contribution < 1.29 is 0 Å². The molecule has 140 valence electrons. The van der Waals surface area contributed by atoms with Crippen LogP contribution in [-0.2, 0) is 6.54 Å². The Morgan fingerprint density at radius 1 is 1.00 bits per heavy atom. The van der Waals surface area contributed by atoms with Crippen molar-refractivity contribution in [2.45, 2.75) is 20.4 Å². The molecule has 4 nitrogen and oxygen atoms in total. The number of anilines is 2. The summed E-state index contributed by atoms with van der Waals surface area (Å²) in [6, 6.07) is 12.8. The van der Waals surface area contributed by atoms with Gasteiger partial charge in [0.25, 0.3) is 0 Å². The molecule has 3 rings (SSSR count). The van der Waals surface area contributed by atoms with Crippen molar-refractivity contribution in [2.24, 2.45) is 0 Å². The maximum absolute atomic E-state index is 6.28. The fourth-order valence-electron chi connectivity index (χ4n) is 2.67. The molecule has 1 heterocycles. The summed E-state index contributed by atoms with van der Waals surface area (Å²) in [5, 5.41) is 13.3. The molecule has 0 saturated carbocycles. The maximum atomic E-state index is 6.28. The summed E-state index contributed by atoms with van der Waals surface area (Å²) in [4.78, 5) is 0. The van der Waals surface area contributed by atoms with Crippen molar-refractivity contribution >= 4 is 63.5 Å². The lowest BCUT2D eigenvalue weighted by molar-refractivity contribution is 0.659. The van der Waals surface area contributed by atoms with Crippen LogP contribution in [0.3, 0.4) is 0 Å². The zero-order chi connectivity index (χ0) is 19.6. The number of thiocarbonyl (C=S) groups is 1. The minimum Gasteiger partial charge on any atom is -0.332 e. The first kappa shape index (κ1) is 20.0. The molecular formula is C19H17Cl3N4S. The number of hydrogen-bond donors (Lipinski definition) is 2. The standard InChI is InChI=1S/C19H17Cl3N4S/c1-11-18(24-19(27)23-14-8-6-13(20)7-9-14)12(2)26(25-11)10-15-16(21)4-3-5-17(15)22/h3-9H,10H2,1-2H3,(H2,23,24,27). The number of nitrogens with one attached hydrogen (secondary N) is 2. The predicted molar refractivity (Wildman–Crippen MR) is 119 cm³/mol. The van der Waals surface area contributed by atoms with E-state index in [-0.39, 0.29) is 0 Å². The van der Waals surface area contributed by atoms with E-state index >= 15 is 0 Å². The molecule has 0 spiro atoms. The second-order valence-electron chi connectivity index (χ2n) is 5.99. The third kappa shape index (κ3) is 4.74. The fourth-order valence-corrected chi connectivity index (χ4v) is 3.54. The van der Waals surface area contributed by atoms with E-state index in [0.29, 0.717) is 26.7 Å². The Bertz CT molecular complexity index is 963. The van der Waals surface area contributed by atoms with Gasteiger partial charge >= 0.3 is 0 Å². The van der Waals surface area contributed by atoms with E-state index in [1.54, 1.807) is 12.1 Å². The van der Waals surface area contributed by atoms with Gasteiger partial charge in [0.1, 0.15) is 0 Å². The lowest BCUT2D eigenvalue weighted by Crippen LogP contribution is -2.20. The second kappa shape index (κ2) is 8.48. The lowest BCUT2D eigenvalue weighted by atomic mass is 10.2. The third-order valence-electron chi connectivity index (χ3n) is 4.09. The van der Waals surface area contributed by atoms with Gasteiger partial charge in [-0.05, 0) is 62.5 Å². The molecule has 0 radical (unpaired) electrons. The Hall–Kier alpha value is -1.79. The Kier molecular flexibility index (Phi) is 6.27. The molecule has 2 N–H and O–H groups in total. The monoisotopic (exact) mass is 438 g/mol. The highest BCUT2D eigenvalue weighted by molar-refractivity contribution is 7.80. The highest BCUT2D eigenvalue weighted by atomic mass is 35.5. The van der Waals surface area contributed by atoms with Crippen LogP contribution >= 0.6 is 47.0 Å². The Morgan fingerprint density at radius 3 is 2.26 bits per heavy atom. The SMILES string of the molecule is Cc1nn(Cc2c(Cl)cccc2Cl)c(C)c1NC(=S)Nc1ccc(Cl)cc1. The summed E-state index contributed by atoms with van der Waals surface area (Å²) in [6.07, 6.45) is 0. The average molecular weight is 440 g/mol. The molecule has 27 heavy (non-hydrogen) atoms. The van der Waals surface area contributed by atoms with Gasteiger partial charge in [-0.2, -0.15) is 5.10 Å². The van der Waals surface area contributed by atoms with Crippen LogP contribution in [-0.4, -0.2) is 14.9 Å². The van der Waals surface area contributed by atoms with E-state index in [0.717, 1.165) is 28.3 Å². The summed E-state index contributed by atoms with van der Waals surface area (Å²) < 4.78 is 1.86. The maximum Gasteiger partial charge on any atom is 0.175 e. The van der Waals surface area contributed by atoms with Crippen LogP contribution in [0, 0.1) is 13.8 Å². The first-order valence-corrected chi connectivity index (χ1v) is 9.70. The van der Waals surface area contributed by atoms with Gasteiger partial charge in [0, 0.05) is 26.3 Å². The second-order valence-corrected chi connectivity index (χ2v) is 7.65. The minimum absolute atomic E-state index is 0.471. The van der Waals surface area contributed by atoms with Gasteiger partial charge in [0.15, 0.2) is 5.11 Å². The molecule has 0 saturated heterocycles. The molecule has 0 aliphatic rings. The smallest absolute Gasteiger partial charge is 0.175 e. The van der Waals surface area contributed by atoms with E-state index in [4.69, 9.17) is 47.0 Å². The number of hydrogen-bond acceptors (Lipinski definition) is 2. The highest BCUT2D eigenvalue weighted by Gasteiger charge is 2.15. The summed E-state index contributed by atoms with van der Waals surface area (Å²) in [5.74, 6) is 0. The molecule has 0 atom stereocenters. The van der Waals surface area contributed by atoms with Crippen LogP contribution in [0.2, 0.25) is 15.1 Å². The van der Waals surface area contributed by atoms with Crippen molar-refractivity contribution in [3.05, 3.63) is 74.5 Å². The van der Waals surface area contributed by atoms with Crippen LogP contribution in [0.4, 0.5) is 11.4 Å². The summed E-state index contributed by atoms with van der Waals surface area (Å²) >= 11 is 23.9. The quantitative estimate of drug-likeness (QED) is 0.467. The van der Waals surface area contributed by atoms with Gasteiger partial charge < -0.3 is 10.6 Å². The van der Waals surface area contributed by atoms with Gasteiger partial charge in [0.2, 0.25) is 0 Å². The van der Waals surface area contributed by atoms with Crippen LogP contribution in [0.15, 0.2) is 42.5 Å². The zero-order valence-electron chi connectivity index (χ0n) is 14.7. The summed E-state index contributed by atoms with van der Waals surface area (Å²) in [6.45, 7) is 4.37. The Morgan fingerprint density at radius 2 is 1.63 bits per heavy atom. The van der Waals surface area contributed by atoms with Crippen LogP contribution < -0.4 is 10.6 Å². The van der Waals surface area contributed by atoms with Gasteiger partial charge in [-0.15, -0.1) is 0 Å². The Balaban J connectivity index is 1.77. The van der Waals surface area contributed by atoms with Crippen LogP contribution in [0.1, 0.15) is 17.0 Å². The Labute approximate surface area is 178 Å². The summed E-state index contributed by atoms with van der Waals surface area (Å²) in [7, 11) is 0. The molecule has 1 aromatic heterocycles. The summed E-state index contributed by atoms with van der Waals surface area (Å²) in [5.41, 5.74) is 4.30. The van der Waals surface area contributed by atoms with Crippen LogP contribution in [0.5, 0.6) is 0 Å². The van der Waals surface area contributed by atoms with E-state index in [2.05, 4.69) is 15.7 Å². The first-order chi connectivity index (χ1) is 12.8. The molecule has 2 aromatic carbocycles. The van der Waals surface area contributed by atoms with Crippen molar-refractivity contribution in [3.63, 3.8) is 0 Å². The largest absolute Gasteiger partial charge is 0.332 e. The molecule has 0 amide bonds. The number of halogens is 3. The van der Waals surface area contributed by atoms with Crippen molar-refractivity contribution in [1.82, 2.24) is 9.78 Å². The molecule has 0 aliphatic heterocycles. The first-order valence-electron chi connectivity index (χ1n) is 8.15. The highest BCUT2D eigenvalue weighted by Crippen LogP contribution is 2.27. The molecule has 0 unspecified atom stereocenters. The molecule has 8 heteroatoms. The molecular weight excluding hydrogens is 423 g/mol. The van der Waals surface area contributed by atoms with Gasteiger partial charge in [-0.1, -0.05) is 40.9 Å². The lowest BCUT2D eigenvalue weighted by Gasteiger charge is -2.12. The van der Waals surface area contributed by atoms with Gasteiger partial charge in [0.05, 0.1) is 23.6 Å². The van der Waals surface area contributed by atoms with E-state index < -0.39 is 0 Å². The van der Waals surface area contributed by atoms with Crippen LogP contribution in [0.25, 0.3) is 0 Å². The number of nitrogens with zero attached hydrogens (tertiary/aromatic N) is 2. The van der Waals surface area contributed by atoms with E-state index in [1.165, 1.54) is 0 Å². The minimum atomic E-state index is 0.471. The fraction of sp³-hybridized carbons (Fsp3) is 0.158. The zero-order valence-corrected chi connectivity index (χ0v) is 17.8. The molecule has 0 fully saturated rings. The third-order valence-corrected chi connectivity index (χ3v) is 5.26. The molecule has 0 aliphatic carbocycles. The number of aryl methyl sites for hydroxylation is 1. The van der Waals surface area contributed by atoms with Gasteiger partial charge in [-0.3, -0.25) is 4.68 Å². The molecule has 0 bridgehead atoms. The van der Waals surface area contributed by atoms with Gasteiger partial charge in [-0.25, -0.2) is 0 Å². The van der Waals surface area contributed by atoms with E-state index in [9.17, 15) is 0 Å². The van der Waals surface area contributed by atoms with Crippen molar-refractivity contribution in [2.75, 3.05) is 10.6 Å². The van der Waals surface area contributed by atoms with E-state index in [1.807, 2.05) is 48.9 Å². The van der Waals surface area contributed by atoms with Crippen molar-refractivity contribution in [3.8, 4) is 0 Å². The number of rotatable bonds is 4. The predicted octanol–water partition coefficient (Wildman–Crippen LogP) is 6.32. The number of benzene rings is 2. The number of aromatic nitrogens is 2.